The highest BCUT2D eigenvalue weighted by Crippen LogP contribution is 2.27. The summed E-state index contributed by atoms with van der Waals surface area (Å²) in [6.07, 6.45) is 2.29. The number of furan rings is 1. The number of tetrazole rings is 1. The number of nitrogens with one attached hydrogen (secondary N) is 1. The first-order valence-corrected chi connectivity index (χ1v) is 12.0. The Morgan fingerprint density at radius 1 is 1.14 bits per heavy atom. The number of hydrogen-bond donors (Lipinski definition) is 1. The zero-order valence-corrected chi connectivity index (χ0v) is 20.6. The standard InChI is InChI=1S/C27H27FN6O3/c1-3-25(26-30-31-32-34(26)17-23-5-4-12-37-23)33(15-18-6-8-21(28)9-7-18)16-20-13-19-14-22(36-2)10-11-24(19)29-27(20)35/h4-14,25H,3,15-17H2,1-2H3,(H,29,35)/t25-/m0/s1. The van der Waals surface area contributed by atoms with E-state index in [-0.39, 0.29) is 17.4 Å². The highest BCUT2D eigenvalue weighted by atomic mass is 19.1. The molecular formula is C27H27FN6O3. The number of fused-ring (bicyclic) bond motifs is 1. The minimum Gasteiger partial charge on any atom is -0.497 e. The van der Waals surface area contributed by atoms with Crippen molar-refractivity contribution in [2.45, 2.75) is 39.0 Å². The molecule has 3 aromatic heterocycles. The number of aromatic amines is 1. The van der Waals surface area contributed by atoms with Gasteiger partial charge in [0.15, 0.2) is 5.82 Å². The van der Waals surface area contributed by atoms with Gasteiger partial charge in [-0.25, -0.2) is 9.07 Å². The molecule has 0 aliphatic carbocycles. The van der Waals surface area contributed by atoms with E-state index >= 15 is 0 Å². The van der Waals surface area contributed by atoms with Crippen molar-refractivity contribution in [3.05, 3.63) is 106 Å². The summed E-state index contributed by atoms with van der Waals surface area (Å²) in [5.74, 6) is 1.79. The molecule has 0 radical (unpaired) electrons. The molecule has 0 saturated heterocycles. The molecule has 0 aliphatic rings. The minimum atomic E-state index is -0.301. The molecule has 5 rings (SSSR count). The summed E-state index contributed by atoms with van der Waals surface area (Å²) in [7, 11) is 1.61. The lowest BCUT2D eigenvalue weighted by atomic mass is 10.1. The van der Waals surface area contributed by atoms with Crippen LogP contribution in [-0.2, 0) is 19.6 Å². The number of halogens is 1. The lowest BCUT2D eigenvalue weighted by Crippen LogP contribution is -2.32. The molecule has 0 fully saturated rings. The Hall–Kier alpha value is -4.31. The Morgan fingerprint density at radius 2 is 1.97 bits per heavy atom. The van der Waals surface area contributed by atoms with E-state index in [0.29, 0.717) is 43.2 Å². The molecule has 1 atom stereocenters. The number of methoxy groups -OCH3 is 1. The average Bonchev–Trinajstić information content (AvgIpc) is 3.59. The topological polar surface area (TPSA) is 102 Å². The van der Waals surface area contributed by atoms with Crippen LogP contribution < -0.4 is 10.3 Å². The van der Waals surface area contributed by atoms with E-state index in [9.17, 15) is 9.18 Å². The van der Waals surface area contributed by atoms with Crippen LogP contribution in [0.15, 0.2) is 76.1 Å². The lowest BCUT2D eigenvalue weighted by molar-refractivity contribution is 0.161. The maximum absolute atomic E-state index is 13.6. The van der Waals surface area contributed by atoms with Crippen LogP contribution in [0.5, 0.6) is 5.75 Å². The highest BCUT2D eigenvalue weighted by Gasteiger charge is 2.26. The summed E-state index contributed by atoms with van der Waals surface area (Å²) in [6.45, 7) is 3.21. The molecule has 190 valence electrons. The van der Waals surface area contributed by atoms with E-state index in [2.05, 4.69) is 25.4 Å². The van der Waals surface area contributed by atoms with Crippen LogP contribution in [0, 0.1) is 5.82 Å². The molecule has 0 amide bonds. The van der Waals surface area contributed by atoms with Crippen molar-refractivity contribution < 1.29 is 13.5 Å². The Morgan fingerprint density at radius 3 is 2.70 bits per heavy atom. The van der Waals surface area contributed by atoms with Crippen LogP contribution in [-0.4, -0.2) is 37.2 Å². The van der Waals surface area contributed by atoms with Gasteiger partial charge in [0, 0.05) is 29.6 Å². The van der Waals surface area contributed by atoms with Gasteiger partial charge in [-0.3, -0.25) is 9.69 Å². The molecule has 2 aromatic carbocycles. The van der Waals surface area contributed by atoms with E-state index in [1.165, 1.54) is 12.1 Å². The number of aromatic nitrogens is 5. The molecule has 5 aromatic rings. The number of rotatable bonds is 10. The quantitative estimate of drug-likeness (QED) is 0.301. The fourth-order valence-corrected chi connectivity index (χ4v) is 4.51. The van der Waals surface area contributed by atoms with Gasteiger partial charge in [0.05, 0.1) is 19.4 Å². The number of hydrogen-bond acceptors (Lipinski definition) is 7. The predicted molar refractivity (Wildman–Crippen MR) is 135 cm³/mol. The summed E-state index contributed by atoms with van der Waals surface area (Å²) in [5, 5.41) is 13.3. The lowest BCUT2D eigenvalue weighted by Gasteiger charge is -2.30. The van der Waals surface area contributed by atoms with Crippen molar-refractivity contribution in [2.24, 2.45) is 0 Å². The Kier molecular flexibility index (Phi) is 7.09. The summed E-state index contributed by atoms with van der Waals surface area (Å²) in [5.41, 5.74) is 2.05. The Labute approximate surface area is 212 Å². The number of ether oxygens (including phenoxy) is 1. The maximum atomic E-state index is 13.6. The van der Waals surface area contributed by atoms with Gasteiger partial charge in [0.1, 0.15) is 23.9 Å². The van der Waals surface area contributed by atoms with Gasteiger partial charge < -0.3 is 14.1 Å². The average molecular weight is 503 g/mol. The minimum absolute atomic E-state index is 0.174. The summed E-state index contributed by atoms with van der Waals surface area (Å²) in [6, 6.07) is 17.2. The molecule has 0 aliphatic heterocycles. The molecule has 3 heterocycles. The maximum Gasteiger partial charge on any atom is 0.252 e. The third-order valence-electron chi connectivity index (χ3n) is 6.37. The Bertz CT molecular complexity index is 1530. The van der Waals surface area contributed by atoms with Crippen LogP contribution in [0.25, 0.3) is 10.9 Å². The normalized spacial score (nSPS) is 12.3. The van der Waals surface area contributed by atoms with Crippen molar-refractivity contribution >= 4 is 10.9 Å². The first kappa shape index (κ1) is 24.4. The van der Waals surface area contributed by atoms with Gasteiger partial charge >= 0.3 is 0 Å². The van der Waals surface area contributed by atoms with Crippen molar-refractivity contribution in [2.75, 3.05) is 7.11 Å². The van der Waals surface area contributed by atoms with Gasteiger partial charge in [-0.15, -0.1) is 5.10 Å². The van der Waals surface area contributed by atoms with Gasteiger partial charge in [0.25, 0.3) is 5.56 Å². The van der Waals surface area contributed by atoms with Crippen LogP contribution in [0.1, 0.15) is 42.1 Å². The largest absolute Gasteiger partial charge is 0.497 e. The van der Waals surface area contributed by atoms with E-state index in [1.807, 2.05) is 43.3 Å². The second-order valence-corrected chi connectivity index (χ2v) is 8.81. The molecular weight excluding hydrogens is 475 g/mol. The molecule has 37 heavy (non-hydrogen) atoms. The smallest absolute Gasteiger partial charge is 0.252 e. The summed E-state index contributed by atoms with van der Waals surface area (Å²) in [4.78, 5) is 18.2. The molecule has 9 nitrogen and oxygen atoms in total. The van der Waals surface area contributed by atoms with E-state index in [4.69, 9.17) is 9.15 Å². The molecule has 0 bridgehead atoms. The summed E-state index contributed by atoms with van der Waals surface area (Å²) < 4.78 is 26.2. The first-order chi connectivity index (χ1) is 18.0. The van der Waals surface area contributed by atoms with Crippen LogP contribution in [0.2, 0.25) is 0 Å². The molecule has 0 unspecified atom stereocenters. The van der Waals surface area contributed by atoms with Crippen LogP contribution in [0.3, 0.4) is 0 Å². The number of H-pyrrole nitrogens is 1. The van der Waals surface area contributed by atoms with Gasteiger partial charge in [-0.1, -0.05) is 19.1 Å². The zero-order chi connectivity index (χ0) is 25.8. The second kappa shape index (κ2) is 10.8. The second-order valence-electron chi connectivity index (χ2n) is 8.81. The molecule has 1 N–H and O–H groups in total. The van der Waals surface area contributed by atoms with Gasteiger partial charge in [0.2, 0.25) is 0 Å². The Balaban J connectivity index is 1.52. The van der Waals surface area contributed by atoms with Gasteiger partial charge in [-0.2, -0.15) is 0 Å². The number of nitrogens with zero attached hydrogens (tertiary/aromatic N) is 5. The van der Waals surface area contributed by atoms with E-state index < -0.39 is 0 Å². The molecule has 0 spiro atoms. The third-order valence-corrected chi connectivity index (χ3v) is 6.37. The van der Waals surface area contributed by atoms with E-state index in [0.717, 1.165) is 22.2 Å². The van der Waals surface area contributed by atoms with Crippen molar-refractivity contribution in [3.63, 3.8) is 0 Å². The van der Waals surface area contributed by atoms with Crippen molar-refractivity contribution in [1.29, 1.82) is 0 Å². The van der Waals surface area contributed by atoms with E-state index in [1.54, 1.807) is 30.2 Å². The SMILES string of the molecule is CC[C@@H](c1nnnn1Cc1ccco1)N(Cc1ccc(F)cc1)Cc1cc2cc(OC)ccc2[nH]c1=O. The first-order valence-electron chi connectivity index (χ1n) is 12.0. The highest BCUT2D eigenvalue weighted by molar-refractivity contribution is 5.80. The van der Waals surface area contributed by atoms with Crippen molar-refractivity contribution in [3.8, 4) is 5.75 Å². The molecule has 0 saturated carbocycles. The fraction of sp³-hybridized carbons (Fsp3) is 0.259. The predicted octanol–water partition coefficient (Wildman–Crippen LogP) is 4.46. The number of benzene rings is 2. The zero-order valence-electron chi connectivity index (χ0n) is 20.6. The third kappa shape index (κ3) is 5.44. The monoisotopic (exact) mass is 502 g/mol. The fourth-order valence-electron chi connectivity index (χ4n) is 4.51. The molecule has 10 heteroatoms. The van der Waals surface area contributed by atoms with Crippen molar-refractivity contribution in [1.82, 2.24) is 30.1 Å². The number of pyridine rings is 1. The van der Waals surface area contributed by atoms with Gasteiger partial charge in [-0.05, 0) is 70.9 Å². The van der Waals surface area contributed by atoms with Crippen LogP contribution >= 0.6 is 0 Å². The van der Waals surface area contributed by atoms with Crippen LogP contribution in [0.4, 0.5) is 4.39 Å². The summed E-state index contributed by atoms with van der Waals surface area (Å²) >= 11 is 0.